The van der Waals surface area contributed by atoms with Gasteiger partial charge in [0, 0.05) is 13.1 Å². The van der Waals surface area contributed by atoms with E-state index in [1.165, 1.54) is 0 Å². The van der Waals surface area contributed by atoms with E-state index in [4.69, 9.17) is 10.8 Å². The lowest BCUT2D eigenvalue weighted by Crippen LogP contribution is -2.36. The van der Waals surface area contributed by atoms with Crippen molar-refractivity contribution in [3.8, 4) is 5.75 Å². The van der Waals surface area contributed by atoms with Gasteiger partial charge in [-0.3, -0.25) is 4.79 Å². The van der Waals surface area contributed by atoms with E-state index in [0.29, 0.717) is 19.5 Å². The lowest BCUT2D eigenvalue weighted by atomic mass is 9.98. The van der Waals surface area contributed by atoms with E-state index in [1.807, 2.05) is 19.1 Å². The van der Waals surface area contributed by atoms with Crippen LogP contribution in [0.3, 0.4) is 0 Å². The molecule has 0 fully saturated rings. The summed E-state index contributed by atoms with van der Waals surface area (Å²) in [4.78, 5) is 11.8. The third-order valence-electron chi connectivity index (χ3n) is 2.62. The largest absolute Gasteiger partial charge is 0.508 e. The molecule has 94 valence electrons. The second kappa shape index (κ2) is 6.91. The van der Waals surface area contributed by atoms with Gasteiger partial charge in [-0.1, -0.05) is 19.1 Å². The number of nitrogens with two attached hydrogens (primary N) is 1. The van der Waals surface area contributed by atoms with Gasteiger partial charge in [-0.25, -0.2) is 0 Å². The highest BCUT2D eigenvalue weighted by molar-refractivity contribution is 5.79. The molecule has 1 unspecified atom stereocenters. The van der Waals surface area contributed by atoms with E-state index in [0.717, 1.165) is 12.0 Å². The maximum absolute atomic E-state index is 11.8. The maximum Gasteiger partial charge on any atom is 0.224 e. The summed E-state index contributed by atoms with van der Waals surface area (Å²) >= 11 is 0. The number of hydrogen-bond donors (Lipinski definition) is 3. The molecular weight excluding hydrogens is 216 g/mol. The van der Waals surface area contributed by atoms with Gasteiger partial charge in [0.2, 0.25) is 5.91 Å². The second-order valence-corrected chi connectivity index (χ2v) is 4.09. The number of phenols is 1. The first-order valence-electron chi connectivity index (χ1n) is 5.93. The van der Waals surface area contributed by atoms with Crippen LogP contribution in [0.5, 0.6) is 5.75 Å². The Balaban J connectivity index is 2.57. The predicted octanol–water partition coefficient (Wildman–Crippen LogP) is 1.04. The minimum atomic E-state index is -0.203. The van der Waals surface area contributed by atoms with Gasteiger partial charge < -0.3 is 16.2 Å². The normalized spacial score (nSPS) is 12.1. The number of amides is 1. The molecule has 0 radical (unpaired) electrons. The van der Waals surface area contributed by atoms with Crippen molar-refractivity contribution in [2.75, 3.05) is 13.1 Å². The molecular formula is C13H20N2O2. The number of benzene rings is 1. The minimum Gasteiger partial charge on any atom is -0.508 e. The monoisotopic (exact) mass is 236 g/mol. The summed E-state index contributed by atoms with van der Waals surface area (Å²) in [5.74, 6) is 0.0296. The number of phenolic OH excluding ortho intramolecular Hbond substituents is 1. The van der Waals surface area contributed by atoms with Gasteiger partial charge in [-0.2, -0.15) is 0 Å². The van der Waals surface area contributed by atoms with Gasteiger partial charge in [0.05, 0.1) is 5.92 Å². The van der Waals surface area contributed by atoms with Crippen LogP contribution in [0.25, 0.3) is 0 Å². The van der Waals surface area contributed by atoms with Crippen molar-refractivity contribution < 1.29 is 9.90 Å². The summed E-state index contributed by atoms with van der Waals surface area (Å²) in [6.07, 6.45) is 1.52. The van der Waals surface area contributed by atoms with E-state index in [1.54, 1.807) is 12.1 Å². The fourth-order valence-electron chi connectivity index (χ4n) is 1.59. The highest BCUT2D eigenvalue weighted by Gasteiger charge is 2.16. The Morgan fingerprint density at radius 1 is 1.41 bits per heavy atom. The highest BCUT2D eigenvalue weighted by Crippen LogP contribution is 2.13. The second-order valence-electron chi connectivity index (χ2n) is 4.09. The van der Waals surface area contributed by atoms with Crippen LogP contribution in [-0.4, -0.2) is 24.1 Å². The van der Waals surface area contributed by atoms with Gasteiger partial charge >= 0.3 is 0 Å². The third kappa shape index (κ3) is 4.44. The first kappa shape index (κ1) is 13.5. The molecule has 17 heavy (non-hydrogen) atoms. The van der Waals surface area contributed by atoms with Gasteiger partial charge in [0.25, 0.3) is 0 Å². The Bertz CT molecular complexity index is 349. The molecule has 0 spiro atoms. The van der Waals surface area contributed by atoms with E-state index in [-0.39, 0.29) is 17.6 Å². The molecule has 4 N–H and O–H groups in total. The minimum absolute atomic E-state index is 0.00225. The molecule has 0 aliphatic rings. The van der Waals surface area contributed by atoms with Crippen LogP contribution in [-0.2, 0) is 11.2 Å². The van der Waals surface area contributed by atoms with Crippen LogP contribution in [0.1, 0.15) is 18.9 Å². The van der Waals surface area contributed by atoms with E-state index in [2.05, 4.69) is 5.32 Å². The van der Waals surface area contributed by atoms with Crippen LogP contribution in [0.2, 0.25) is 0 Å². The Kier molecular flexibility index (Phi) is 5.49. The molecule has 1 amide bonds. The molecule has 0 bridgehead atoms. The zero-order chi connectivity index (χ0) is 12.7. The van der Waals surface area contributed by atoms with E-state index in [9.17, 15) is 4.79 Å². The maximum atomic E-state index is 11.8. The molecule has 0 aromatic heterocycles. The zero-order valence-corrected chi connectivity index (χ0v) is 10.1. The number of carbonyl (C=O) groups excluding carboxylic acids is 1. The molecule has 1 aromatic carbocycles. The van der Waals surface area contributed by atoms with Crippen molar-refractivity contribution in [1.82, 2.24) is 5.32 Å². The Labute approximate surface area is 102 Å². The quantitative estimate of drug-likeness (QED) is 0.690. The summed E-state index contributed by atoms with van der Waals surface area (Å²) in [5, 5.41) is 12.0. The zero-order valence-electron chi connectivity index (χ0n) is 10.1. The molecule has 4 nitrogen and oxygen atoms in total. The Morgan fingerprint density at radius 2 is 2.06 bits per heavy atom. The lowest BCUT2D eigenvalue weighted by molar-refractivity contribution is -0.124. The van der Waals surface area contributed by atoms with Crippen molar-refractivity contribution in [3.63, 3.8) is 0 Å². The van der Waals surface area contributed by atoms with Crippen molar-refractivity contribution in [2.45, 2.75) is 19.8 Å². The van der Waals surface area contributed by atoms with Crippen molar-refractivity contribution in [2.24, 2.45) is 11.7 Å². The summed E-state index contributed by atoms with van der Waals surface area (Å²) in [5.41, 5.74) is 6.62. The van der Waals surface area contributed by atoms with Crippen molar-refractivity contribution >= 4 is 5.91 Å². The Hall–Kier alpha value is -1.55. The number of carbonyl (C=O) groups is 1. The summed E-state index contributed by atoms with van der Waals surface area (Å²) < 4.78 is 0. The van der Waals surface area contributed by atoms with Gasteiger partial charge in [-0.15, -0.1) is 0 Å². The molecule has 1 aromatic rings. The predicted molar refractivity (Wildman–Crippen MR) is 67.7 cm³/mol. The first-order valence-corrected chi connectivity index (χ1v) is 5.93. The third-order valence-corrected chi connectivity index (χ3v) is 2.62. The molecule has 0 aliphatic heterocycles. The molecule has 1 rings (SSSR count). The molecule has 0 saturated heterocycles. The SMILES string of the molecule is CCCNC(=O)C(CN)Cc1ccc(O)cc1. The molecule has 0 aliphatic carbocycles. The molecule has 0 saturated carbocycles. The molecule has 1 atom stereocenters. The molecule has 0 heterocycles. The van der Waals surface area contributed by atoms with Crippen molar-refractivity contribution in [3.05, 3.63) is 29.8 Å². The topological polar surface area (TPSA) is 75.4 Å². The number of nitrogens with one attached hydrogen (secondary N) is 1. The summed E-state index contributed by atoms with van der Waals surface area (Å²) in [6, 6.07) is 6.86. The van der Waals surface area contributed by atoms with Gasteiger partial charge in [-0.05, 0) is 30.5 Å². The first-order chi connectivity index (χ1) is 8.17. The standard InChI is InChI=1S/C13H20N2O2/c1-2-7-15-13(17)11(9-14)8-10-3-5-12(16)6-4-10/h3-6,11,16H,2,7-9,14H2,1H3,(H,15,17). The molecule has 4 heteroatoms. The fraction of sp³-hybridized carbons (Fsp3) is 0.462. The van der Waals surface area contributed by atoms with Gasteiger partial charge in [0.15, 0.2) is 0 Å². The van der Waals surface area contributed by atoms with Gasteiger partial charge in [0.1, 0.15) is 5.75 Å². The lowest BCUT2D eigenvalue weighted by Gasteiger charge is -2.14. The summed E-state index contributed by atoms with van der Waals surface area (Å²) in [7, 11) is 0. The number of aromatic hydroxyl groups is 1. The van der Waals surface area contributed by atoms with E-state index >= 15 is 0 Å². The van der Waals surface area contributed by atoms with Crippen LogP contribution in [0.4, 0.5) is 0 Å². The average molecular weight is 236 g/mol. The fourth-order valence-corrected chi connectivity index (χ4v) is 1.59. The van der Waals surface area contributed by atoms with Crippen LogP contribution in [0.15, 0.2) is 24.3 Å². The number of hydrogen-bond acceptors (Lipinski definition) is 3. The smallest absolute Gasteiger partial charge is 0.224 e. The Morgan fingerprint density at radius 3 is 2.59 bits per heavy atom. The van der Waals surface area contributed by atoms with Crippen LogP contribution >= 0.6 is 0 Å². The average Bonchev–Trinajstić information content (AvgIpc) is 2.35. The van der Waals surface area contributed by atoms with Crippen molar-refractivity contribution in [1.29, 1.82) is 0 Å². The van der Waals surface area contributed by atoms with E-state index < -0.39 is 0 Å². The summed E-state index contributed by atoms with van der Waals surface area (Å²) in [6.45, 7) is 3.03. The highest BCUT2D eigenvalue weighted by atomic mass is 16.3. The number of rotatable bonds is 6. The van der Waals surface area contributed by atoms with Crippen LogP contribution in [0, 0.1) is 5.92 Å². The van der Waals surface area contributed by atoms with Crippen LogP contribution < -0.4 is 11.1 Å².